The van der Waals surface area contributed by atoms with E-state index >= 15 is 0 Å². The maximum Gasteiger partial charge on any atom is 0.159 e. The first-order chi connectivity index (χ1) is 15.6. The SMILES string of the molecule is CO/N=C(/c1ccc(F)c(F)c1)c1ccc(CN2CCC3(CC2)OCc2ccncc23)s1. The lowest BCUT2D eigenvalue weighted by molar-refractivity contribution is -0.0799. The molecule has 2 aliphatic heterocycles. The molecule has 0 N–H and O–H groups in total. The normalized spacial score (nSPS) is 18.2. The van der Waals surface area contributed by atoms with Gasteiger partial charge in [0.25, 0.3) is 0 Å². The van der Waals surface area contributed by atoms with Gasteiger partial charge in [-0.2, -0.15) is 0 Å². The smallest absolute Gasteiger partial charge is 0.159 e. The predicted octanol–water partition coefficient (Wildman–Crippen LogP) is 4.84. The van der Waals surface area contributed by atoms with Crippen LogP contribution in [-0.4, -0.2) is 35.8 Å². The summed E-state index contributed by atoms with van der Waals surface area (Å²) >= 11 is 1.58. The molecule has 0 saturated carbocycles. The van der Waals surface area contributed by atoms with Crippen molar-refractivity contribution in [2.24, 2.45) is 5.16 Å². The number of nitrogens with zero attached hydrogens (tertiary/aromatic N) is 3. The Morgan fingerprint density at radius 1 is 1.19 bits per heavy atom. The zero-order valence-corrected chi connectivity index (χ0v) is 18.5. The van der Waals surface area contributed by atoms with E-state index in [0.717, 1.165) is 49.5 Å². The van der Waals surface area contributed by atoms with Crippen LogP contribution in [0.2, 0.25) is 0 Å². The van der Waals surface area contributed by atoms with E-state index in [2.05, 4.69) is 27.2 Å². The number of likely N-dealkylation sites (tertiary alicyclic amines) is 1. The van der Waals surface area contributed by atoms with Crippen LogP contribution in [0, 0.1) is 11.6 Å². The van der Waals surface area contributed by atoms with Gasteiger partial charge in [0.1, 0.15) is 12.8 Å². The lowest BCUT2D eigenvalue weighted by Crippen LogP contribution is -2.42. The zero-order valence-electron chi connectivity index (χ0n) is 17.7. The molecule has 32 heavy (non-hydrogen) atoms. The minimum Gasteiger partial charge on any atom is -0.399 e. The minimum atomic E-state index is -0.906. The number of halogens is 2. The fourth-order valence-corrected chi connectivity index (χ4v) is 5.58. The number of hydrogen-bond acceptors (Lipinski definition) is 6. The van der Waals surface area contributed by atoms with Crippen molar-refractivity contribution in [2.45, 2.75) is 31.6 Å². The van der Waals surface area contributed by atoms with Crippen LogP contribution in [0.3, 0.4) is 0 Å². The molecule has 1 fully saturated rings. The topological polar surface area (TPSA) is 47.0 Å². The van der Waals surface area contributed by atoms with Gasteiger partial charge in [-0.05, 0) is 54.8 Å². The highest BCUT2D eigenvalue weighted by Gasteiger charge is 2.42. The van der Waals surface area contributed by atoms with Gasteiger partial charge in [-0.1, -0.05) is 5.16 Å². The second kappa shape index (κ2) is 8.69. The molecule has 5 rings (SSSR count). The van der Waals surface area contributed by atoms with E-state index in [-0.39, 0.29) is 5.60 Å². The summed E-state index contributed by atoms with van der Waals surface area (Å²) in [5.41, 5.74) is 3.25. The molecule has 2 aromatic heterocycles. The third-order valence-corrected chi connectivity index (χ3v) is 7.30. The van der Waals surface area contributed by atoms with Gasteiger partial charge in [0.05, 0.1) is 17.1 Å². The van der Waals surface area contributed by atoms with Crippen molar-refractivity contribution >= 4 is 17.0 Å². The Morgan fingerprint density at radius 2 is 2.03 bits per heavy atom. The largest absolute Gasteiger partial charge is 0.399 e. The number of hydrogen-bond donors (Lipinski definition) is 0. The molecule has 1 aromatic carbocycles. The van der Waals surface area contributed by atoms with Crippen LogP contribution in [-0.2, 0) is 28.3 Å². The fourth-order valence-electron chi connectivity index (χ4n) is 4.52. The first-order valence-corrected chi connectivity index (χ1v) is 11.3. The van der Waals surface area contributed by atoms with Gasteiger partial charge in [0, 0.05) is 48.0 Å². The average Bonchev–Trinajstić information content (AvgIpc) is 3.41. The molecular weight excluding hydrogens is 432 g/mol. The van der Waals surface area contributed by atoms with Crippen LogP contribution in [0.4, 0.5) is 8.78 Å². The third kappa shape index (κ3) is 3.94. The van der Waals surface area contributed by atoms with Gasteiger partial charge in [-0.15, -0.1) is 11.3 Å². The lowest BCUT2D eigenvalue weighted by atomic mass is 9.85. The molecule has 1 spiro atoms. The molecule has 0 bridgehead atoms. The molecular formula is C24H23F2N3O2S. The molecule has 4 heterocycles. The molecule has 5 nitrogen and oxygen atoms in total. The zero-order chi connectivity index (χ0) is 22.1. The number of oxime groups is 1. The molecule has 0 radical (unpaired) electrons. The Hall–Kier alpha value is -2.68. The van der Waals surface area contributed by atoms with Crippen LogP contribution in [0.5, 0.6) is 0 Å². The third-order valence-electron chi connectivity index (χ3n) is 6.22. The van der Waals surface area contributed by atoms with E-state index in [1.54, 1.807) is 11.3 Å². The Labute approximate surface area is 189 Å². The number of ether oxygens (including phenoxy) is 1. The quantitative estimate of drug-likeness (QED) is 0.408. The lowest BCUT2D eigenvalue weighted by Gasteiger charge is -2.39. The first-order valence-electron chi connectivity index (χ1n) is 10.5. The molecule has 166 valence electrons. The van der Waals surface area contributed by atoms with Crippen molar-refractivity contribution in [3.05, 3.63) is 86.9 Å². The summed E-state index contributed by atoms with van der Waals surface area (Å²) in [7, 11) is 1.44. The van der Waals surface area contributed by atoms with Crippen LogP contribution in [0.25, 0.3) is 0 Å². The summed E-state index contributed by atoms with van der Waals surface area (Å²) in [5, 5.41) is 4.07. The molecule has 1 saturated heterocycles. The van der Waals surface area contributed by atoms with Crippen molar-refractivity contribution in [1.29, 1.82) is 0 Å². The molecule has 0 unspecified atom stereocenters. The van der Waals surface area contributed by atoms with E-state index < -0.39 is 11.6 Å². The summed E-state index contributed by atoms with van der Waals surface area (Å²) in [6.07, 6.45) is 5.66. The number of piperidine rings is 1. The van der Waals surface area contributed by atoms with Crippen LogP contribution in [0.1, 0.15) is 39.3 Å². The summed E-state index contributed by atoms with van der Waals surface area (Å²) in [6.45, 7) is 3.35. The molecule has 0 aliphatic carbocycles. The maximum absolute atomic E-state index is 13.7. The van der Waals surface area contributed by atoms with Crippen molar-refractivity contribution in [3.63, 3.8) is 0 Å². The summed E-state index contributed by atoms with van der Waals surface area (Å²) in [5.74, 6) is -1.79. The van der Waals surface area contributed by atoms with E-state index in [9.17, 15) is 8.78 Å². The monoisotopic (exact) mass is 455 g/mol. The highest BCUT2D eigenvalue weighted by Crippen LogP contribution is 2.43. The Bertz CT molecular complexity index is 1160. The summed E-state index contributed by atoms with van der Waals surface area (Å²) in [4.78, 5) is 13.7. The van der Waals surface area contributed by atoms with Crippen molar-refractivity contribution in [1.82, 2.24) is 9.88 Å². The predicted molar refractivity (Wildman–Crippen MR) is 119 cm³/mol. The first kappa shape index (κ1) is 21.2. The highest BCUT2D eigenvalue weighted by molar-refractivity contribution is 7.14. The number of aromatic nitrogens is 1. The second-order valence-corrected chi connectivity index (χ2v) is 9.28. The molecule has 0 atom stereocenters. The molecule has 2 aliphatic rings. The highest BCUT2D eigenvalue weighted by atomic mass is 32.1. The molecule has 0 amide bonds. The van der Waals surface area contributed by atoms with E-state index in [0.29, 0.717) is 17.9 Å². The van der Waals surface area contributed by atoms with E-state index in [1.165, 1.54) is 29.2 Å². The van der Waals surface area contributed by atoms with Gasteiger partial charge < -0.3 is 9.57 Å². The van der Waals surface area contributed by atoms with E-state index in [4.69, 9.17) is 9.57 Å². The van der Waals surface area contributed by atoms with Gasteiger partial charge in [-0.3, -0.25) is 9.88 Å². The minimum absolute atomic E-state index is 0.203. The number of thiophene rings is 1. The van der Waals surface area contributed by atoms with Crippen LogP contribution < -0.4 is 0 Å². The Kier molecular flexibility index (Phi) is 5.75. The Balaban J connectivity index is 1.28. The van der Waals surface area contributed by atoms with Crippen LogP contribution >= 0.6 is 11.3 Å². The number of fused-ring (bicyclic) bond motifs is 2. The average molecular weight is 456 g/mol. The number of pyridine rings is 1. The van der Waals surface area contributed by atoms with E-state index in [1.807, 2.05) is 18.5 Å². The summed E-state index contributed by atoms with van der Waals surface area (Å²) in [6, 6.07) is 9.81. The van der Waals surface area contributed by atoms with Crippen molar-refractivity contribution < 1.29 is 18.4 Å². The number of benzene rings is 1. The van der Waals surface area contributed by atoms with Gasteiger partial charge in [0.15, 0.2) is 11.6 Å². The standard InChI is InChI=1S/C24H23F2N3O2S/c1-30-28-23(16-2-4-20(25)21(26)12-16)22-5-3-18(32-22)14-29-10-7-24(8-11-29)19-13-27-9-6-17(19)15-31-24/h2-6,9,12-13H,7-8,10-11,14-15H2,1H3/b28-23-. The number of rotatable bonds is 5. The summed E-state index contributed by atoms with van der Waals surface area (Å²) < 4.78 is 33.3. The van der Waals surface area contributed by atoms with Crippen molar-refractivity contribution in [2.75, 3.05) is 20.2 Å². The van der Waals surface area contributed by atoms with Crippen molar-refractivity contribution in [3.8, 4) is 0 Å². The Morgan fingerprint density at radius 3 is 2.81 bits per heavy atom. The second-order valence-electron chi connectivity index (χ2n) is 8.11. The maximum atomic E-state index is 13.7. The molecule has 8 heteroatoms. The van der Waals surface area contributed by atoms with Crippen LogP contribution in [0.15, 0.2) is 53.9 Å². The van der Waals surface area contributed by atoms with Gasteiger partial charge in [0.2, 0.25) is 0 Å². The fraction of sp³-hybridized carbons (Fsp3) is 0.333. The molecule has 3 aromatic rings. The van der Waals surface area contributed by atoms with Gasteiger partial charge >= 0.3 is 0 Å². The van der Waals surface area contributed by atoms with Gasteiger partial charge in [-0.25, -0.2) is 8.78 Å².